The average molecular weight is 423 g/mol. The molecule has 31 heavy (non-hydrogen) atoms. The van der Waals surface area contributed by atoms with E-state index in [0.717, 1.165) is 22.3 Å². The maximum atomic E-state index is 12.3. The summed E-state index contributed by atoms with van der Waals surface area (Å²) in [6.07, 6.45) is 1.67. The zero-order valence-corrected chi connectivity index (χ0v) is 17.3. The monoisotopic (exact) mass is 423 g/mol. The quantitative estimate of drug-likeness (QED) is 0.603. The van der Waals surface area contributed by atoms with Gasteiger partial charge >= 0.3 is 11.9 Å². The van der Waals surface area contributed by atoms with Crippen LogP contribution in [0.2, 0.25) is 0 Å². The summed E-state index contributed by atoms with van der Waals surface area (Å²) in [6.45, 7) is 2.24. The Balaban J connectivity index is 1.61. The Morgan fingerprint density at radius 3 is 2.35 bits per heavy atom. The molecule has 4 rings (SSSR count). The number of carboxylic acids is 2. The first-order chi connectivity index (χ1) is 15.0. The Morgan fingerprint density at radius 1 is 1.00 bits per heavy atom. The number of para-hydroxylation sites is 3. The number of aliphatic carboxylic acids is 2. The van der Waals surface area contributed by atoms with Crippen molar-refractivity contribution in [3.05, 3.63) is 60.3 Å². The van der Waals surface area contributed by atoms with Crippen molar-refractivity contribution < 1.29 is 24.5 Å². The molecule has 1 aromatic heterocycles. The first kappa shape index (κ1) is 20.7. The van der Waals surface area contributed by atoms with E-state index in [0.29, 0.717) is 31.7 Å². The molecule has 0 spiro atoms. The highest BCUT2D eigenvalue weighted by atomic mass is 16.5. The molecule has 2 heterocycles. The molecule has 0 amide bonds. The summed E-state index contributed by atoms with van der Waals surface area (Å²) >= 11 is 0. The highest BCUT2D eigenvalue weighted by Gasteiger charge is 2.33. The third-order valence-electron chi connectivity index (χ3n) is 5.76. The van der Waals surface area contributed by atoms with Crippen LogP contribution in [0.3, 0.4) is 0 Å². The van der Waals surface area contributed by atoms with E-state index in [-0.39, 0.29) is 6.54 Å². The number of carboxylic acid groups (broad SMARTS) is 2. The number of ether oxygens (including phenoxy) is 1. The summed E-state index contributed by atoms with van der Waals surface area (Å²) in [5.41, 5.74) is 2.34. The normalized spacial score (nSPS) is 15.7. The molecule has 0 bridgehead atoms. The van der Waals surface area contributed by atoms with Gasteiger partial charge in [-0.25, -0.2) is 0 Å². The largest absolute Gasteiger partial charge is 0.495 e. The molecule has 0 radical (unpaired) electrons. The number of carbonyl (C=O) groups is 2. The molecular formula is C23H25N3O5. The lowest BCUT2D eigenvalue weighted by Gasteiger charge is -2.39. The van der Waals surface area contributed by atoms with Gasteiger partial charge in [-0.05, 0) is 18.2 Å². The third-order valence-corrected chi connectivity index (χ3v) is 5.76. The predicted molar refractivity (Wildman–Crippen MR) is 117 cm³/mol. The molecule has 8 nitrogen and oxygen atoms in total. The fourth-order valence-corrected chi connectivity index (χ4v) is 4.37. The molecule has 0 aliphatic carbocycles. The van der Waals surface area contributed by atoms with E-state index in [1.165, 1.54) is 0 Å². The van der Waals surface area contributed by atoms with Crippen LogP contribution in [-0.4, -0.2) is 64.9 Å². The Hall–Kier alpha value is -3.52. The van der Waals surface area contributed by atoms with Crippen LogP contribution in [0.15, 0.2) is 54.7 Å². The molecule has 1 aliphatic heterocycles. The summed E-state index contributed by atoms with van der Waals surface area (Å²) in [4.78, 5) is 27.8. The minimum atomic E-state index is -0.968. The number of piperazine rings is 1. The number of hydrogen-bond acceptors (Lipinski definition) is 5. The number of rotatable bonds is 7. The van der Waals surface area contributed by atoms with Crippen molar-refractivity contribution in [3.63, 3.8) is 0 Å². The zero-order valence-electron chi connectivity index (χ0n) is 17.3. The summed E-state index contributed by atoms with van der Waals surface area (Å²) in [7, 11) is 1.64. The second-order valence-electron chi connectivity index (χ2n) is 7.56. The van der Waals surface area contributed by atoms with Gasteiger partial charge in [0.15, 0.2) is 0 Å². The van der Waals surface area contributed by atoms with Crippen molar-refractivity contribution in [1.82, 2.24) is 9.47 Å². The lowest BCUT2D eigenvalue weighted by molar-refractivity contribution is -0.143. The highest BCUT2D eigenvalue weighted by Crippen LogP contribution is 2.33. The van der Waals surface area contributed by atoms with Crippen molar-refractivity contribution in [1.29, 1.82) is 0 Å². The number of anilines is 1. The Labute approximate surface area is 179 Å². The predicted octanol–water partition coefficient (Wildman–Crippen LogP) is 2.68. The van der Waals surface area contributed by atoms with Gasteiger partial charge in [0.05, 0.1) is 12.8 Å². The lowest BCUT2D eigenvalue weighted by Crippen LogP contribution is -2.49. The van der Waals surface area contributed by atoms with Crippen LogP contribution in [-0.2, 0) is 16.1 Å². The lowest BCUT2D eigenvalue weighted by atomic mass is 10.0. The third kappa shape index (κ3) is 4.06. The van der Waals surface area contributed by atoms with E-state index in [1.807, 2.05) is 53.4 Å². The maximum absolute atomic E-state index is 12.3. The van der Waals surface area contributed by atoms with Crippen molar-refractivity contribution in [3.8, 4) is 5.75 Å². The molecule has 0 saturated carbocycles. The standard InChI is InChI=1S/C23H25N3O5/c1-31-20-9-5-4-8-19(20)24-10-12-25(13-11-24)22(23(29)30)17-14-26(15-21(27)28)18-7-3-2-6-16(17)18/h2-9,14,22H,10-13,15H2,1H3,(H,27,28)(H,29,30)/t22-/m1/s1. The Kier molecular flexibility index (Phi) is 5.81. The number of hydrogen-bond donors (Lipinski definition) is 2. The van der Waals surface area contributed by atoms with Gasteiger partial charge in [-0.2, -0.15) is 0 Å². The van der Waals surface area contributed by atoms with E-state index in [1.54, 1.807) is 17.9 Å². The van der Waals surface area contributed by atoms with E-state index in [2.05, 4.69) is 4.90 Å². The topological polar surface area (TPSA) is 95.2 Å². The smallest absolute Gasteiger partial charge is 0.325 e. The molecule has 1 saturated heterocycles. The van der Waals surface area contributed by atoms with Gasteiger partial charge in [-0.1, -0.05) is 30.3 Å². The van der Waals surface area contributed by atoms with E-state index in [9.17, 15) is 19.8 Å². The van der Waals surface area contributed by atoms with Gasteiger partial charge in [0.2, 0.25) is 0 Å². The van der Waals surface area contributed by atoms with Crippen molar-refractivity contribution in [2.75, 3.05) is 38.2 Å². The molecule has 1 aliphatic rings. The van der Waals surface area contributed by atoms with Gasteiger partial charge in [-0.3, -0.25) is 14.5 Å². The van der Waals surface area contributed by atoms with Crippen molar-refractivity contribution in [2.45, 2.75) is 12.6 Å². The zero-order chi connectivity index (χ0) is 22.0. The van der Waals surface area contributed by atoms with Gasteiger partial charge in [0, 0.05) is 48.8 Å². The summed E-state index contributed by atoms with van der Waals surface area (Å²) in [5.74, 6) is -1.11. The first-order valence-electron chi connectivity index (χ1n) is 10.1. The van der Waals surface area contributed by atoms with Crippen molar-refractivity contribution in [2.24, 2.45) is 0 Å². The summed E-state index contributed by atoms with van der Waals surface area (Å²) in [5, 5.41) is 20.1. The second kappa shape index (κ2) is 8.69. The molecule has 1 fully saturated rings. The highest BCUT2D eigenvalue weighted by molar-refractivity contribution is 5.90. The van der Waals surface area contributed by atoms with Crippen LogP contribution in [0.4, 0.5) is 5.69 Å². The fourth-order valence-electron chi connectivity index (χ4n) is 4.37. The minimum Gasteiger partial charge on any atom is -0.495 e. The van der Waals surface area contributed by atoms with Crippen LogP contribution >= 0.6 is 0 Å². The van der Waals surface area contributed by atoms with Crippen LogP contribution < -0.4 is 9.64 Å². The molecule has 0 unspecified atom stereocenters. The maximum Gasteiger partial charge on any atom is 0.325 e. The van der Waals surface area contributed by atoms with E-state index in [4.69, 9.17) is 4.74 Å². The minimum absolute atomic E-state index is 0.214. The Bertz CT molecular complexity index is 1100. The van der Waals surface area contributed by atoms with Crippen LogP contribution in [0, 0.1) is 0 Å². The van der Waals surface area contributed by atoms with Gasteiger partial charge in [0.25, 0.3) is 0 Å². The molecule has 162 valence electrons. The van der Waals surface area contributed by atoms with Crippen LogP contribution in [0.25, 0.3) is 10.9 Å². The Morgan fingerprint density at radius 2 is 1.68 bits per heavy atom. The summed E-state index contributed by atoms with van der Waals surface area (Å²) in [6, 6.07) is 14.3. The average Bonchev–Trinajstić information content (AvgIpc) is 3.11. The summed E-state index contributed by atoms with van der Waals surface area (Å²) < 4.78 is 7.07. The number of benzene rings is 2. The van der Waals surface area contributed by atoms with E-state index >= 15 is 0 Å². The van der Waals surface area contributed by atoms with Gasteiger partial charge < -0.3 is 24.4 Å². The molecule has 1 atom stereocenters. The van der Waals surface area contributed by atoms with E-state index < -0.39 is 18.0 Å². The van der Waals surface area contributed by atoms with Crippen LogP contribution in [0.5, 0.6) is 5.75 Å². The number of nitrogens with zero attached hydrogens (tertiary/aromatic N) is 3. The molecule has 3 aromatic rings. The second-order valence-corrected chi connectivity index (χ2v) is 7.56. The number of aromatic nitrogens is 1. The van der Waals surface area contributed by atoms with Gasteiger partial charge in [-0.15, -0.1) is 0 Å². The fraction of sp³-hybridized carbons (Fsp3) is 0.304. The molecule has 2 N–H and O–H groups in total. The van der Waals surface area contributed by atoms with Crippen LogP contribution in [0.1, 0.15) is 11.6 Å². The first-order valence-corrected chi connectivity index (χ1v) is 10.1. The molecular weight excluding hydrogens is 398 g/mol. The number of methoxy groups -OCH3 is 1. The van der Waals surface area contributed by atoms with Crippen molar-refractivity contribution >= 4 is 28.5 Å². The molecule has 2 aromatic carbocycles. The number of fused-ring (bicyclic) bond motifs is 1. The van der Waals surface area contributed by atoms with Gasteiger partial charge in [0.1, 0.15) is 18.3 Å². The SMILES string of the molecule is COc1ccccc1N1CCN([C@@H](C(=O)O)c2cn(CC(=O)O)c3ccccc23)CC1. The molecule has 8 heteroatoms.